The fourth-order valence-corrected chi connectivity index (χ4v) is 1.07. The number of urea groups is 1. The van der Waals surface area contributed by atoms with E-state index in [1.54, 1.807) is 20.2 Å². The van der Waals surface area contributed by atoms with Gasteiger partial charge in [0.1, 0.15) is 11.6 Å². The lowest BCUT2D eigenvalue weighted by Crippen LogP contribution is -2.37. The van der Waals surface area contributed by atoms with Crippen molar-refractivity contribution < 1.29 is 4.79 Å². The van der Waals surface area contributed by atoms with Gasteiger partial charge < -0.3 is 21.3 Å². The average Bonchev–Trinajstić information content (AvgIpc) is 2.24. The van der Waals surface area contributed by atoms with Crippen LogP contribution >= 0.6 is 0 Å². The summed E-state index contributed by atoms with van der Waals surface area (Å²) in [5, 5.41) is 5.79. The molecule has 0 aromatic carbocycles. The van der Waals surface area contributed by atoms with Crippen molar-refractivity contribution in [1.82, 2.24) is 15.2 Å². The molecular weight excluding hydrogens is 206 g/mol. The van der Waals surface area contributed by atoms with Crippen molar-refractivity contribution in [3.63, 3.8) is 0 Å². The molecule has 0 spiro atoms. The van der Waals surface area contributed by atoms with Gasteiger partial charge in [-0.3, -0.25) is 0 Å². The number of carbonyl (C=O) groups excluding carboxylic acids is 1. The van der Waals surface area contributed by atoms with Crippen molar-refractivity contribution in [3.8, 4) is 0 Å². The van der Waals surface area contributed by atoms with Gasteiger partial charge in [-0.25, -0.2) is 9.78 Å². The molecule has 1 rings (SSSR count). The van der Waals surface area contributed by atoms with Crippen LogP contribution in [-0.2, 0) is 0 Å². The fraction of sp³-hybridized carbons (Fsp3) is 0.400. The minimum absolute atomic E-state index is 0.109. The lowest BCUT2D eigenvalue weighted by Gasteiger charge is -2.12. The van der Waals surface area contributed by atoms with Crippen LogP contribution in [0.15, 0.2) is 18.2 Å². The van der Waals surface area contributed by atoms with Crippen LogP contribution in [0.25, 0.3) is 0 Å². The molecule has 0 bridgehead atoms. The van der Waals surface area contributed by atoms with Crippen molar-refractivity contribution in [3.05, 3.63) is 18.2 Å². The van der Waals surface area contributed by atoms with Crippen molar-refractivity contribution in [1.29, 1.82) is 0 Å². The zero-order valence-electron chi connectivity index (χ0n) is 9.53. The van der Waals surface area contributed by atoms with E-state index in [0.717, 1.165) is 0 Å². The number of anilines is 2. The molecule has 6 nitrogen and oxygen atoms in total. The van der Waals surface area contributed by atoms with Gasteiger partial charge in [-0.15, -0.1) is 0 Å². The minimum atomic E-state index is -0.109. The molecule has 1 aromatic heterocycles. The summed E-state index contributed by atoms with van der Waals surface area (Å²) in [6, 6.07) is 5.26. The molecule has 0 aliphatic carbocycles. The maximum Gasteiger partial charge on any atom is 0.316 e. The Kier molecular flexibility index (Phi) is 4.38. The van der Waals surface area contributed by atoms with E-state index in [9.17, 15) is 4.79 Å². The third kappa shape index (κ3) is 4.04. The predicted octanol–water partition coefficient (Wildman–Crippen LogP) is 0.347. The lowest BCUT2D eigenvalue weighted by atomic mass is 10.4. The molecule has 0 unspecified atom stereocenters. The molecule has 0 saturated heterocycles. The number of aromatic nitrogens is 1. The lowest BCUT2D eigenvalue weighted by molar-refractivity contribution is 0.218. The normalized spacial score (nSPS) is 9.62. The molecule has 1 heterocycles. The van der Waals surface area contributed by atoms with E-state index in [2.05, 4.69) is 15.6 Å². The number of nitrogen functional groups attached to an aromatic ring is 1. The average molecular weight is 223 g/mol. The molecule has 4 N–H and O–H groups in total. The molecule has 0 atom stereocenters. The Morgan fingerprint density at radius 3 is 2.81 bits per heavy atom. The Labute approximate surface area is 94.8 Å². The Balaban J connectivity index is 2.23. The van der Waals surface area contributed by atoms with Crippen LogP contribution in [0, 0.1) is 0 Å². The molecule has 0 fully saturated rings. The zero-order valence-corrected chi connectivity index (χ0v) is 9.53. The first-order valence-corrected chi connectivity index (χ1v) is 5.01. The minimum Gasteiger partial charge on any atom is -0.384 e. The second kappa shape index (κ2) is 5.79. The summed E-state index contributed by atoms with van der Waals surface area (Å²) in [6.45, 7) is 1.14. The number of rotatable bonds is 4. The topological polar surface area (TPSA) is 83.3 Å². The zero-order chi connectivity index (χ0) is 12.0. The SMILES string of the molecule is CN(C)C(=O)NCCNc1cccc(N)n1. The quantitative estimate of drug-likeness (QED) is 0.643. The van der Waals surface area contributed by atoms with E-state index in [0.29, 0.717) is 24.7 Å². The fourth-order valence-electron chi connectivity index (χ4n) is 1.07. The third-order valence-electron chi connectivity index (χ3n) is 1.88. The van der Waals surface area contributed by atoms with Gasteiger partial charge in [0.15, 0.2) is 0 Å². The molecule has 2 amide bonds. The number of nitrogens with zero attached hydrogens (tertiary/aromatic N) is 2. The first-order chi connectivity index (χ1) is 7.59. The highest BCUT2D eigenvalue weighted by Gasteiger charge is 2.00. The van der Waals surface area contributed by atoms with E-state index >= 15 is 0 Å². The smallest absolute Gasteiger partial charge is 0.316 e. The van der Waals surface area contributed by atoms with Crippen molar-refractivity contribution in [2.75, 3.05) is 38.2 Å². The van der Waals surface area contributed by atoms with E-state index in [1.807, 2.05) is 12.1 Å². The van der Waals surface area contributed by atoms with E-state index < -0.39 is 0 Å². The van der Waals surface area contributed by atoms with Gasteiger partial charge in [0.2, 0.25) is 0 Å². The highest BCUT2D eigenvalue weighted by Crippen LogP contribution is 2.04. The van der Waals surface area contributed by atoms with E-state index in [1.165, 1.54) is 4.90 Å². The van der Waals surface area contributed by atoms with Crippen LogP contribution in [0.1, 0.15) is 0 Å². The molecule has 6 heteroatoms. The largest absolute Gasteiger partial charge is 0.384 e. The van der Waals surface area contributed by atoms with Gasteiger partial charge in [0.05, 0.1) is 0 Å². The molecular formula is C10H17N5O. The van der Waals surface area contributed by atoms with Gasteiger partial charge in [-0.1, -0.05) is 6.07 Å². The van der Waals surface area contributed by atoms with E-state index in [4.69, 9.17) is 5.73 Å². The molecule has 16 heavy (non-hydrogen) atoms. The van der Waals surface area contributed by atoms with Crippen LogP contribution in [-0.4, -0.2) is 43.1 Å². The highest BCUT2D eigenvalue weighted by atomic mass is 16.2. The van der Waals surface area contributed by atoms with E-state index in [-0.39, 0.29) is 6.03 Å². The van der Waals surface area contributed by atoms with Gasteiger partial charge in [-0.05, 0) is 12.1 Å². The second-order valence-electron chi connectivity index (χ2n) is 3.50. The Hall–Kier alpha value is -1.98. The standard InChI is InChI=1S/C10H17N5O/c1-15(2)10(16)13-7-6-12-9-5-3-4-8(11)14-9/h3-5H,6-7H2,1-2H3,(H,13,16)(H3,11,12,14). The van der Waals surface area contributed by atoms with Crippen LogP contribution in [0.4, 0.5) is 16.4 Å². The van der Waals surface area contributed by atoms with Gasteiger partial charge in [0, 0.05) is 27.2 Å². The monoisotopic (exact) mass is 223 g/mol. The summed E-state index contributed by atoms with van der Waals surface area (Å²) in [6.07, 6.45) is 0. The third-order valence-corrected chi connectivity index (χ3v) is 1.88. The summed E-state index contributed by atoms with van der Waals surface area (Å²) in [5.41, 5.74) is 5.52. The molecule has 1 aromatic rings. The molecule has 0 radical (unpaired) electrons. The van der Waals surface area contributed by atoms with Crippen LogP contribution < -0.4 is 16.4 Å². The number of hydrogen-bond acceptors (Lipinski definition) is 4. The highest BCUT2D eigenvalue weighted by molar-refractivity contribution is 5.73. The Morgan fingerprint density at radius 2 is 2.19 bits per heavy atom. The number of amides is 2. The molecule has 0 aliphatic rings. The maximum absolute atomic E-state index is 11.2. The van der Waals surface area contributed by atoms with Gasteiger partial charge in [-0.2, -0.15) is 0 Å². The Bertz CT molecular complexity index is 353. The first kappa shape index (κ1) is 12.1. The maximum atomic E-state index is 11.2. The van der Waals surface area contributed by atoms with Gasteiger partial charge in [0.25, 0.3) is 0 Å². The number of carbonyl (C=O) groups is 1. The van der Waals surface area contributed by atoms with Crippen molar-refractivity contribution in [2.24, 2.45) is 0 Å². The second-order valence-corrected chi connectivity index (χ2v) is 3.50. The van der Waals surface area contributed by atoms with Gasteiger partial charge >= 0.3 is 6.03 Å². The molecule has 88 valence electrons. The number of nitrogens with two attached hydrogens (primary N) is 1. The molecule has 0 saturated carbocycles. The number of pyridine rings is 1. The summed E-state index contributed by atoms with van der Waals surface area (Å²) < 4.78 is 0. The summed E-state index contributed by atoms with van der Waals surface area (Å²) in [5.74, 6) is 1.18. The summed E-state index contributed by atoms with van der Waals surface area (Å²) >= 11 is 0. The summed E-state index contributed by atoms with van der Waals surface area (Å²) in [7, 11) is 3.39. The number of nitrogens with one attached hydrogen (secondary N) is 2. The Morgan fingerprint density at radius 1 is 1.44 bits per heavy atom. The van der Waals surface area contributed by atoms with Crippen molar-refractivity contribution >= 4 is 17.7 Å². The summed E-state index contributed by atoms with van der Waals surface area (Å²) in [4.78, 5) is 16.7. The van der Waals surface area contributed by atoms with Crippen LogP contribution in [0.2, 0.25) is 0 Å². The van der Waals surface area contributed by atoms with Crippen molar-refractivity contribution in [2.45, 2.75) is 0 Å². The van der Waals surface area contributed by atoms with Crippen LogP contribution in [0.5, 0.6) is 0 Å². The predicted molar refractivity (Wildman–Crippen MR) is 64.2 cm³/mol. The van der Waals surface area contributed by atoms with Crippen LogP contribution in [0.3, 0.4) is 0 Å². The molecule has 0 aliphatic heterocycles. The number of hydrogen-bond donors (Lipinski definition) is 3. The first-order valence-electron chi connectivity index (χ1n) is 5.01.